The Morgan fingerprint density at radius 3 is 3.05 bits per heavy atom. The molecule has 0 radical (unpaired) electrons. The zero-order chi connectivity index (χ0) is 14.1. The van der Waals surface area contributed by atoms with Gasteiger partial charge in [0.05, 0.1) is 17.9 Å². The number of hydrogen-bond donors (Lipinski definition) is 0. The number of ether oxygens (including phenoxy) is 1. The fraction of sp³-hybridized carbons (Fsp3) is 0.200. The van der Waals surface area contributed by atoms with Crippen molar-refractivity contribution in [2.45, 2.75) is 13.0 Å². The maximum atomic E-state index is 11.8. The second-order valence-corrected chi connectivity index (χ2v) is 4.44. The second kappa shape index (κ2) is 4.85. The van der Waals surface area contributed by atoms with Crippen molar-refractivity contribution < 1.29 is 14.3 Å². The van der Waals surface area contributed by atoms with E-state index in [0.717, 1.165) is 5.57 Å². The van der Waals surface area contributed by atoms with E-state index in [9.17, 15) is 9.59 Å². The molecule has 5 heteroatoms. The second-order valence-electron chi connectivity index (χ2n) is 4.44. The van der Waals surface area contributed by atoms with Crippen LogP contribution >= 0.6 is 0 Å². The van der Waals surface area contributed by atoms with Crippen LogP contribution in [0.25, 0.3) is 0 Å². The van der Waals surface area contributed by atoms with Crippen molar-refractivity contribution in [1.29, 1.82) is 0 Å². The highest BCUT2D eigenvalue weighted by molar-refractivity contribution is 6.31. The first-order valence-electron chi connectivity index (χ1n) is 6.33. The van der Waals surface area contributed by atoms with Crippen LogP contribution in [0.1, 0.15) is 6.92 Å². The lowest BCUT2D eigenvalue weighted by Crippen LogP contribution is -2.32. The smallest absolute Gasteiger partial charge is 0.339 e. The molecule has 0 spiro atoms. The molecule has 3 aliphatic rings. The van der Waals surface area contributed by atoms with Gasteiger partial charge in [0.25, 0.3) is 0 Å². The van der Waals surface area contributed by atoms with E-state index in [1.807, 2.05) is 0 Å². The molecule has 20 heavy (non-hydrogen) atoms. The SMILES string of the molecule is CCOC(=O)C1=CC2=CC=C3C(=O)C=CN=C3C2N=C1. The van der Waals surface area contributed by atoms with E-state index >= 15 is 0 Å². The van der Waals surface area contributed by atoms with Gasteiger partial charge in [0.15, 0.2) is 5.78 Å². The summed E-state index contributed by atoms with van der Waals surface area (Å²) in [6, 6.07) is -0.318. The van der Waals surface area contributed by atoms with Crippen LogP contribution in [0.2, 0.25) is 0 Å². The number of aliphatic imine (C=N–C) groups is 2. The molecule has 0 N–H and O–H groups in total. The molecule has 1 atom stereocenters. The Morgan fingerprint density at radius 1 is 1.40 bits per heavy atom. The summed E-state index contributed by atoms with van der Waals surface area (Å²) >= 11 is 0. The summed E-state index contributed by atoms with van der Waals surface area (Å²) in [5.74, 6) is -0.465. The van der Waals surface area contributed by atoms with Crippen LogP contribution in [0.15, 0.2) is 57.2 Å². The number of dihydropyridines is 1. The van der Waals surface area contributed by atoms with Crippen LogP contribution in [-0.4, -0.2) is 36.3 Å². The highest BCUT2D eigenvalue weighted by Gasteiger charge is 2.31. The van der Waals surface area contributed by atoms with E-state index in [2.05, 4.69) is 9.98 Å². The van der Waals surface area contributed by atoms with Gasteiger partial charge in [-0.2, -0.15) is 0 Å². The average molecular weight is 268 g/mol. The largest absolute Gasteiger partial charge is 0.462 e. The Morgan fingerprint density at radius 2 is 2.25 bits per heavy atom. The van der Waals surface area contributed by atoms with E-state index in [1.54, 1.807) is 25.2 Å². The van der Waals surface area contributed by atoms with Gasteiger partial charge >= 0.3 is 5.97 Å². The van der Waals surface area contributed by atoms with Crippen molar-refractivity contribution in [3.63, 3.8) is 0 Å². The van der Waals surface area contributed by atoms with Gasteiger partial charge in [-0.3, -0.25) is 14.8 Å². The Balaban J connectivity index is 1.96. The molecule has 3 rings (SSSR count). The zero-order valence-electron chi connectivity index (χ0n) is 10.9. The lowest BCUT2D eigenvalue weighted by Gasteiger charge is -2.25. The number of hydrogen-bond acceptors (Lipinski definition) is 5. The number of allylic oxidation sites excluding steroid dienone is 3. The number of nitrogens with zero attached hydrogens (tertiary/aromatic N) is 2. The van der Waals surface area contributed by atoms with Crippen molar-refractivity contribution in [1.82, 2.24) is 0 Å². The summed E-state index contributed by atoms with van der Waals surface area (Å²) in [6.45, 7) is 2.08. The lowest BCUT2D eigenvalue weighted by atomic mass is 9.86. The zero-order valence-corrected chi connectivity index (χ0v) is 10.9. The molecule has 0 amide bonds. The third-order valence-corrected chi connectivity index (χ3v) is 3.19. The van der Waals surface area contributed by atoms with Crippen molar-refractivity contribution in [3.05, 3.63) is 47.2 Å². The van der Waals surface area contributed by atoms with Crippen molar-refractivity contribution >= 4 is 23.7 Å². The van der Waals surface area contributed by atoms with E-state index < -0.39 is 5.97 Å². The first kappa shape index (κ1) is 12.5. The maximum Gasteiger partial charge on any atom is 0.339 e. The first-order valence-corrected chi connectivity index (χ1v) is 6.33. The van der Waals surface area contributed by atoms with Gasteiger partial charge in [-0.05, 0) is 24.6 Å². The molecule has 5 nitrogen and oxygen atoms in total. The van der Waals surface area contributed by atoms with Crippen LogP contribution in [0.4, 0.5) is 0 Å². The van der Waals surface area contributed by atoms with Crippen molar-refractivity contribution in [3.8, 4) is 0 Å². The number of fused-ring (bicyclic) bond motifs is 3. The number of rotatable bonds is 2. The van der Waals surface area contributed by atoms with Gasteiger partial charge in [0.2, 0.25) is 0 Å². The van der Waals surface area contributed by atoms with Crippen LogP contribution in [-0.2, 0) is 14.3 Å². The maximum absolute atomic E-state index is 11.8. The predicted octanol–water partition coefficient (Wildman–Crippen LogP) is 1.33. The normalized spacial score (nSPS) is 23.1. The van der Waals surface area contributed by atoms with E-state index in [-0.39, 0.29) is 11.8 Å². The van der Waals surface area contributed by atoms with Crippen LogP contribution < -0.4 is 0 Å². The lowest BCUT2D eigenvalue weighted by molar-refractivity contribution is -0.137. The molecule has 2 heterocycles. The van der Waals surface area contributed by atoms with Crippen molar-refractivity contribution in [2.75, 3.05) is 6.61 Å². The minimum atomic E-state index is -0.396. The molecular formula is C15H12N2O3. The molecular weight excluding hydrogens is 256 g/mol. The Kier molecular flexibility index (Phi) is 3.02. The Hall–Kier alpha value is -2.56. The van der Waals surface area contributed by atoms with Crippen molar-refractivity contribution in [2.24, 2.45) is 9.98 Å². The summed E-state index contributed by atoms with van der Waals surface area (Å²) < 4.78 is 4.95. The van der Waals surface area contributed by atoms with Gasteiger partial charge in [0.1, 0.15) is 6.04 Å². The molecule has 100 valence electrons. The van der Waals surface area contributed by atoms with E-state index in [4.69, 9.17) is 4.74 Å². The Bertz CT molecular complexity index is 675. The molecule has 1 aliphatic carbocycles. The topological polar surface area (TPSA) is 68.1 Å². The monoisotopic (exact) mass is 268 g/mol. The number of esters is 1. The molecule has 0 aromatic carbocycles. The quantitative estimate of drug-likeness (QED) is 0.709. The molecule has 0 saturated carbocycles. The van der Waals surface area contributed by atoms with Crippen LogP contribution in [0.5, 0.6) is 0 Å². The fourth-order valence-corrected chi connectivity index (χ4v) is 2.27. The first-order chi connectivity index (χ1) is 9.70. The van der Waals surface area contributed by atoms with Gasteiger partial charge in [-0.1, -0.05) is 6.08 Å². The summed E-state index contributed by atoms with van der Waals surface area (Å²) in [5.41, 5.74) is 2.43. The van der Waals surface area contributed by atoms with Gasteiger partial charge in [0, 0.05) is 24.1 Å². The van der Waals surface area contributed by atoms with Crippen LogP contribution in [0, 0.1) is 0 Å². The van der Waals surface area contributed by atoms with E-state index in [1.165, 1.54) is 18.5 Å². The molecule has 0 saturated heterocycles. The predicted molar refractivity (Wildman–Crippen MR) is 74.7 cm³/mol. The fourth-order valence-electron chi connectivity index (χ4n) is 2.27. The number of carbonyl (C=O) groups excluding carboxylic acids is 2. The third-order valence-electron chi connectivity index (χ3n) is 3.19. The standard InChI is InChI=1S/C15H12N2O3/c1-2-20-15(19)10-7-9-3-4-11-12(18)5-6-16-14(11)13(9)17-8-10/h3-8,13H,2H2,1H3. The highest BCUT2D eigenvalue weighted by Crippen LogP contribution is 2.27. The molecule has 0 bridgehead atoms. The van der Waals surface area contributed by atoms with Gasteiger partial charge < -0.3 is 4.74 Å². The summed E-state index contributed by atoms with van der Waals surface area (Å²) in [6.07, 6.45) is 9.64. The van der Waals surface area contributed by atoms with E-state index in [0.29, 0.717) is 23.5 Å². The van der Waals surface area contributed by atoms with Crippen LogP contribution in [0.3, 0.4) is 0 Å². The Labute approximate surface area is 115 Å². The minimum absolute atomic E-state index is 0.0688. The summed E-state index contributed by atoms with van der Waals surface area (Å²) in [4.78, 5) is 32.0. The van der Waals surface area contributed by atoms with Gasteiger partial charge in [-0.25, -0.2) is 4.79 Å². The minimum Gasteiger partial charge on any atom is -0.462 e. The summed E-state index contributed by atoms with van der Waals surface area (Å²) in [5, 5.41) is 0. The average Bonchev–Trinajstić information content (AvgIpc) is 2.47. The molecule has 0 fully saturated rings. The number of ketones is 1. The molecule has 0 aromatic heterocycles. The molecule has 0 aromatic rings. The summed E-state index contributed by atoms with van der Waals surface area (Å²) in [7, 11) is 0. The third kappa shape index (κ3) is 1.97. The van der Waals surface area contributed by atoms with Gasteiger partial charge in [-0.15, -0.1) is 0 Å². The number of carbonyl (C=O) groups is 2. The highest BCUT2D eigenvalue weighted by atomic mass is 16.5. The molecule has 2 aliphatic heterocycles. The molecule has 1 unspecified atom stereocenters.